The highest BCUT2D eigenvalue weighted by molar-refractivity contribution is 7.07. The first-order valence-electron chi connectivity index (χ1n) is 14.3. The third-order valence-corrected chi connectivity index (χ3v) is 8.99. The first-order valence-corrected chi connectivity index (χ1v) is 15.1. The number of thiazole rings is 1. The lowest BCUT2D eigenvalue weighted by Crippen LogP contribution is -2.38. The van der Waals surface area contributed by atoms with Crippen LogP contribution in [0.1, 0.15) is 34.7 Å². The van der Waals surface area contributed by atoms with Crippen molar-refractivity contribution in [1.82, 2.24) is 4.57 Å². The molecule has 1 atom stereocenters. The van der Waals surface area contributed by atoms with Gasteiger partial charge in [0.25, 0.3) is 16.9 Å². The van der Waals surface area contributed by atoms with Crippen LogP contribution >= 0.6 is 11.3 Å². The van der Waals surface area contributed by atoms with Gasteiger partial charge >= 0.3 is 5.69 Å². The highest BCUT2D eigenvalue weighted by Gasteiger charge is 2.33. The summed E-state index contributed by atoms with van der Waals surface area (Å²) in [5.74, 6) is 0.0324. The summed E-state index contributed by atoms with van der Waals surface area (Å²) in [7, 11) is 0. The third kappa shape index (κ3) is 5.36. The van der Waals surface area contributed by atoms with Gasteiger partial charge in [-0.1, -0.05) is 59.9 Å². The molecule has 0 radical (unpaired) electrons. The van der Waals surface area contributed by atoms with Gasteiger partial charge in [0.15, 0.2) is 4.80 Å². The average Bonchev–Trinajstić information content (AvgIpc) is 3.37. The Bertz CT molecular complexity index is 2380. The number of nitro groups is 3. The Morgan fingerprint density at radius 2 is 1.60 bits per heavy atom. The molecule has 47 heavy (non-hydrogen) atoms. The van der Waals surface area contributed by atoms with E-state index in [0.717, 1.165) is 47.0 Å². The molecule has 1 aromatic heterocycles. The molecule has 0 bridgehead atoms. The molecule has 0 fully saturated rings. The van der Waals surface area contributed by atoms with E-state index in [1.54, 1.807) is 47.0 Å². The van der Waals surface area contributed by atoms with Crippen molar-refractivity contribution in [1.29, 1.82) is 0 Å². The predicted octanol–water partition coefficient (Wildman–Crippen LogP) is 5.84. The minimum atomic E-state index is -0.761. The van der Waals surface area contributed by atoms with E-state index in [-0.39, 0.29) is 22.7 Å². The van der Waals surface area contributed by atoms with E-state index in [4.69, 9.17) is 9.73 Å². The minimum absolute atomic E-state index is 0.0786. The molecule has 13 nitrogen and oxygen atoms in total. The fourth-order valence-corrected chi connectivity index (χ4v) is 6.93. The molecule has 14 heteroatoms. The number of ether oxygens (including phenoxy) is 1. The van der Waals surface area contributed by atoms with Gasteiger partial charge in [0.2, 0.25) is 5.75 Å². The molecule has 4 aromatic carbocycles. The quantitative estimate of drug-likeness (QED) is 0.157. The van der Waals surface area contributed by atoms with E-state index in [2.05, 4.69) is 0 Å². The molecular weight excluding hydrogens is 626 g/mol. The van der Waals surface area contributed by atoms with Crippen molar-refractivity contribution in [3.63, 3.8) is 0 Å². The zero-order chi connectivity index (χ0) is 32.8. The van der Waals surface area contributed by atoms with Gasteiger partial charge in [-0.2, -0.15) is 0 Å². The summed E-state index contributed by atoms with van der Waals surface area (Å²) in [4.78, 5) is 51.9. The van der Waals surface area contributed by atoms with Crippen molar-refractivity contribution in [3.05, 3.63) is 169 Å². The summed E-state index contributed by atoms with van der Waals surface area (Å²) in [5, 5.41) is 34.4. The Hall–Kier alpha value is -6.28. The van der Waals surface area contributed by atoms with Crippen LogP contribution in [-0.4, -0.2) is 19.3 Å². The molecule has 0 saturated carbocycles. The Morgan fingerprint density at radius 3 is 2.38 bits per heavy atom. The first kappa shape index (κ1) is 29.4. The summed E-state index contributed by atoms with van der Waals surface area (Å²) < 4.78 is 7.69. The number of fused-ring (bicyclic) bond motifs is 3. The molecule has 0 amide bonds. The van der Waals surface area contributed by atoms with E-state index < -0.39 is 32.2 Å². The summed E-state index contributed by atoms with van der Waals surface area (Å²) >= 11 is 1.18. The number of nitro benzene ring substituents is 3. The van der Waals surface area contributed by atoms with Crippen LogP contribution < -0.4 is 19.6 Å². The number of nitrogens with zero attached hydrogens (tertiary/aromatic N) is 5. The lowest BCUT2D eigenvalue weighted by Gasteiger charge is -2.30. The van der Waals surface area contributed by atoms with Crippen LogP contribution in [-0.2, 0) is 6.42 Å². The Labute approximate surface area is 268 Å². The average molecular weight is 648 g/mol. The molecule has 7 rings (SSSR count). The van der Waals surface area contributed by atoms with Crippen LogP contribution in [0.4, 0.5) is 17.1 Å². The summed E-state index contributed by atoms with van der Waals surface area (Å²) in [6, 6.07) is 23.3. The van der Waals surface area contributed by atoms with Crippen molar-refractivity contribution in [3.8, 4) is 11.5 Å². The number of rotatable bonds is 7. The third-order valence-electron chi connectivity index (χ3n) is 8.00. The smallest absolute Gasteiger partial charge is 0.318 e. The maximum atomic E-state index is 14.1. The Balaban J connectivity index is 1.34. The highest BCUT2D eigenvalue weighted by atomic mass is 32.1. The van der Waals surface area contributed by atoms with Crippen LogP contribution in [0, 0.1) is 30.3 Å². The molecule has 0 unspecified atom stereocenters. The van der Waals surface area contributed by atoms with Crippen LogP contribution in [0.3, 0.4) is 0 Å². The maximum Gasteiger partial charge on any atom is 0.318 e. The second kappa shape index (κ2) is 11.6. The molecule has 232 valence electrons. The van der Waals surface area contributed by atoms with Gasteiger partial charge in [0, 0.05) is 23.8 Å². The number of aromatic nitrogens is 1. The van der Waals surface area contributed by atoms with Gasteiger partial charge < -0.3 is 4.74 Å². The predicted molar refractivity (Wildman–Crippen MR) is 172 cm³/mol. The minimum Gasteiger partial charge on any atom is -0.450 e. The van der Waals surface area contributed by atoms with Gasteiger partial charge in [-0.25, -0.2) is 4.99 Å². The van der Waals surface area contributed by atoms with Crippen molar-refractivity contribution >= 4 is 40.2 Å². The molecule has 1 aliphatic carbocycles. The lowest BCUT2D eigenvalue weighted by molar-refractivity contribution is -0.394. The standard InChI is InChI=1S/C33H21N5O8S/c39-32-29(16-19-5-3-9-24(15-19)46-28-14-12-23(37(42)43)18-27(28)38(44)45)47-33-34-30-25-10-2-1-6-20(25)11-13-26(30)31(35(32)33)21-7-4-8-22(17-21)36(40)41/h1-10,12,14-18,31H,11,13H2/b29-16-/t31-/m1/s1. The molecule has 2 aliphatic rings. The SMILES string of the molecule is O=c1/c(=C/c2cccc(Oc3ccc([N+](=O)[O-])cc3[N+](=O)[O-])c2)sc2n1[C@H](c1cccc([N+](=O)[O-])c1)C1=C(N=2)c2ccccc2CC1. The zero-order valence-electron chi connectivity index (χ0n) is 24.1. The van der Waals surface area contributed by atoms with E-state index >= 15 is 0 Å². The number of allylic oxidation sites excluding steroid dienone is 1. The number of hydrogen-bond acceptors (Lipinski definition) is 10. The summed E-state index contributed by atoms with van der Waals surface area (Å²) in [6.45, 7) is 0. The van der Waals surface area contributed by atoms with Gasteiger partial charge in [0.05, 0.1) is 37.1 Å². The lowest BCUT2D eigenvalue weighted by atomic mass is 9.83. The maximum absolute atomic E-state index is 14.1. The van der Waals surface area contributed by atoms with E-state index in [0.29, 0.717) is 26.9 Å². The van der Waals surface area contributed by atoms with E-state index in [1.807, 2.05) is 24.3 Å². The number of hydrogen-bond donors (Lipinski definition) is 0. The monoisotopic (exact) mass is 647 g/mol. The first-order chi connectivity index (χ1) is 22.7. The highest BCUT2D eigenvalue weighted by Crippen LogP contribution is 2.42. The van der Waals surface area contributed by atoms with Gasteiger partial charge in [0.1, 0.15) is 5.75 Å². The number of benzene rings is 4. The van der Waals surface area contributed by atoms with Crippen LogP contribution in [0.5, 0.6) is 11.5 Å². The number of aryl methyl sites for hydroxylation is 1. The van der Waals surface area contributed by atoms with Crippen LogP contribution in [0.15, 0.2) is 106 Å². The van der Waals surface area contributed by atoms with Crippen molar-refractivity contribution in [2.75, 3.05) is 0 Å². The van der Waals surface area contributed by atoms with Crippen molar-refractivity contribution < 1.29 is 19.5 Å². The van der Waals surface area contributed by atoms with Gasteiger partial charge in [-0.05, 0) is 59.4 Å². The van der Waals surface area contributed by atoms with E-state index in [1.165, 1.54) is 23.5 Å². The van der Waals surface area contributed by atoms with Gasteiger partial charge in [-0.15, -0.1) is 0 Å². The fraction of sp³-hybridized carbons (Fsp3) is 0.0909. The zero-order valence-corrected chi connectivity index (χ0v) is 25.0. The molecule has 0 N–H and O–H groups in total. The second-order valence-electron chi connectivity index (χ2n) is 10.8. The molecule has 1 aliphatic heterocycles. The van der Waals surface area contributed by atoms with Crippen molar-refractivity contribution in [2.24, 2.45) is 4.99 Å². The topological polar surface area (TPSA) is 173 Å². The van der Waals surface area contributed by atoms with Crippen LogP contribution in [0.2, 0.25) is 0 Å². The molecule has 2 heterocycles. The molecule has 5 aromatic rings. The Kier molecular flexibility index (Phi) is 7.25. The molecule has 0 saturated heterocycles. The fourth-order valence-electron chi connectivity index (χ4n) is 5.93. The Morgan fingerprint density at radius 1 is 0.830 bits per heavy atom. The molecular formula is C33H21N5O8S. The van der Waals surface area contributed by atoms with Crippen molar-refractivity contribution in [2.45, 2.75) is 18.9 Å². The largest absolute Gasteiger partial charge is 0.450 e. The summed E-state index contributed by atoms with van der Waals surface area (Å²) in [6.07, 6.45) is 3.02. The van der Waals surface area contributed by atoms with Gasteiger partial charge in [-0.3, -0.25) is 39.7 Å². The molecule has 0 spiro atoms. The normalized spacial score (nSPS) is 15.2. The number of non-ortho nitro benzene ring substituents is 2. The van der Waals surface area contributed by atoms with Crippen LogP contribution in [0.25, 0.3) is 11.8 Å². The summed E-state index contributed by atoms with van der Waals surface area (Å²) in [5.41, 5.74) is 3.51. The van der Waals surface area contributed by atoms with E-state index in [9.17, 15) is 35.1 Å². The second-order valence-corrected chi connectivity index (χ2v) is 11.8.